The summed E-state index contributed by atoms with van der Waals surface area (Å²) >= 11 is 0. The van der Waals surface area contributed by atoms with Crippen molar-refractivity contribution in [3.05, 3.63) is 94.7 Å². The Morgan fingerprint density at radius 3 is 2.78 bits per heavy atom. The Labute approximate surface area is 211 Å². The van der Waals surface area contributed by atoms with Crippen LogP contribution >= 0.6 is 0 Å². The van der Waals surface area contributed by atoms with Gasteiger partial charge >= 0.3 is 0 Å². The van der Waals surface area contributed by atoms with Gasteiger partial charge in [0.05, 0.1) is 24.6 Å². The molecule has 2 aromatic carbocycles. The van der Waals surface area contributed by atoms with Crippen LogP contribution in [0.1, 0.15) is 33.4 Å². The lowest BCUT2D eigenvalue weighted by atomic mass is 9.93. The number of benzene rings is 2. The van der Waals surface area contributed by atoms with Gasteiger partial charge in [-0.25, -0.2) is 4.98 Å². The molecule has 184 valence electrons. The fourth-order valence-electron chi connectivity index (χ4n) is 4.75. The predicted octanol–water partition coefficient (Wildman–Crippen LogP) is 5.31. The number of hydrogen-bond donors (Lipinski definition) is 2. The monoisotopic (exact) mass is 482 g/mol. The smallest absolute Gasteiger partial charge is 0.229 e. The Morgan fingerprint density at radius 2 is 1.97 bits per heavy atom. The molecule has 0 fully saturated rings. The number of nitrogens with one attached hydrogen (secondary N) is 1. The number of aromatic nitrogens is 3. The zero-order valence-corrected chi connectivity index (χ0v) is 20.8. The van der Waals surface area contributed by atoms with Crippen LogP contribution in [-0.4, -0.2) is 33.5 Å². The van der Waals surface area contributed by atoms with Crippen molar-refractivity contribution in [2.45, 2.75) is 33.4 Å². The maximum absolute atomic E-state index is 9.87. The molecule has 0 atom stereocenters. The molecule has 0 radical (unpaired) electrons. The number of fused-ring (bicyclic) bond motifs is 1. The summed E-state index contributed by atoms with van der Waals surface area (Å²) in [7, 11) is 1.52. The highest BCUT2D eigenvalue weighted by Crippen LogP contribution is 2.34. The van der Waals surface area contributed by atoms with Gasteiger partial charge in [0.1, 0.15) is 18.1 Å². The topological polar surface area (TPSA) is 81.4 Å². The number of ether oxygens (including phenoxy) is 2. The van der Waals surface area contributed by atoms with E-state index in [9.17, 15) is 5.11 Å². The number of aliphatic hydroxyl groups is 1. The maximum Gasteiger partial charge on any atom is 0.229 e. The van der Waals surface area contributed by atoms with E-state index >= 15 is 0 Å². The molecule has 7 heteroatoms. The molecule has 7 nitrogen and oxygen atoms in total. The molecule has 3 heterocycles. The third-order valence-electron chi connectivity index (χ3n) is 6.72. The van der Waals surface area contributed by atoms with E-state index < -0.39 is 0 Å². The van der Waals surface area contributed by atoms with E-state index in [0.717, 1.165) is 42.1 Å². The molecule has 36 heavy (non-hydrogen) atoms. The van der Waals surface area contributed by atoms with Gasteiger partial charge in [-0.2, -0.15) is 9.78 Å². The number of methoxy groups -OCH3 is 1. The summed E-state index contributed by atoms with van der Waals surface area (Å²) < 4.78 is 13.5. The predicted molar refractivity (Wildman–Crippen MR) is 141 cm³/mol. The second-order valence-corrected chi connectivity index (χ2v) is 8.96. The average Bonchev–Trinajstić information content (AvgIpc) is 3.34. The molecule has 1 aliphatic rings. The van der Waals surface area contributed by atoms with Crippen LogP contribution in [-0.2, 0) is 19.6 Å². The van der Waals surface area contributed by atoms with Crippen molar-refractivity contribution < 1.29 is 14.6 Å². The minimum absolute atomic E-state index is 0.114. The SMILES string of the molecule is C=C(O)c1cnn(-c2cccc(-c3cccc(C)c3OCc3ccc4c(c3C)CCNC4)n2)c1OC. The van der Waals surface area contributed by atoms with Crippen molar-refractivity contribution in [3.8, 4) is 28.7 Å². The molecular formula is C29H30N4O3. The highest BCUT2D eigenvalue weighted by molar-refractivity contribution is 5.70. The van der Waals surface area contributed by atoms with E-state index in [4.69, 9.17) is 14.5 Å². The minimum atomic E-state index is -0.114. The third-order valence-corrected chi connectivity index (χ3v) is 6.72. The summed E-state index contributed by atoms with van der Waals surface area (Å²) in [5.74, 6) is 1.62. The Kier molecular flexibility index (Phi) is 6.48. The lowest BCUT2D eigenvalue weighted by Crippen LogP contribution is -2.24. The fourth-order valence-corrected chi connectivity index (χ4v) is 4.75. The summed E-state index contributed by atoms with van der Waals surface area (Å²) in [5, 5.41) is 17.7. The molecule has 0 bridgehead atoms. The molecule has 0 saturated carbocycles. The molecule has 0 amide bonds. The number of para-hydroxylation sites is 1. The Balaban J connectivity index is 1.48. The normalized spacial score (nSPS) is 12.8. The van der Waals surface area contributed by atoms with Crippen molar-refractivity contribution >= 4 is 5.76 Å². The van der Waals surface area contributed by atoms with Crippen molar-refractivity contribution in [2.75, 3.05) is 13.7 Å². The number of pyridine rings is 1. The summed E-state index contributed by atoms with van der Waals surface area (Å²) in [6, 6.07) is 16.2. The molecule has 0 unspecified atom stereocenters. The highest BCUT2D eigenvalue weighted by atomic mass is 16.5. The zero-order chi connectivity index (χ0) is 25.2. The maximum atomic E-state index is 9.87. The molecule has 0 saturated heterocycles. The second kappa shape index (κ2) is 9.87. The third kappa shape index (κ3) is 4.33. The Bertz CT molecular complexity index is 1440. The summed E-state index contributed by atoms with van der Waals surface area (Å²) in [6.45, 7) is 10.2. The zero-order valence-electron chi connectivity index (χ0n) is 20.8. The van der Waals surface area contributed by atoms with Crippen molar-refractivity contribution in [2.24, 2.45) is 0 Å². The van der Waals surface area contributed by atoms with Crippen LogP contribution in [0.15, 0.2) is 61.3 Å². The van der Waals surface area contributed by atoms with E-state index in [1.807, 2.05) is 43.3 Å². The minimum Gasteiger partial charge on any atom is -0.508 e. The van der Waals surface area contributed by atoms with Gasteiger partial charge in [-0.05, 0) is 72.8 Å². The summed E-state index contributed by atoms with van der Waals surface area (Å²) in [4.78, 5) is 4.85. The molecule has 0 aliphatic carbocycles. The molecule has 4 aromatic rings. The van der Waals surface area contributed by atoms with E-state index in [2.05, 4.69) is 36.1 Å². The van der Waals surface area contributed by atoms with E-state index in [-0.39, 0.29) is 5.76 Å². The molecule has 0 spiro atoms. The largest absolute Gasteiger partial charge is 0.508 e. The second-order valence-electron chi connectivity index (χ2n) is 8.96. The van der Waals surface area contributed by atoms with Crippen LogP contribution in [0.4, 0.5) is 0 Å². The van der Waals surface area contributed by atoms with Crippen molar-refractivity contribution in [1.29, 1.82) is 0 Å². The van der Waals surface area contributed by atoms with Crippen LogP contribution < -0.4 is 14.8 Å². The van der Waals surface area contributed by atoms with Crippen molar-refractivity contribution in [1.82, 2.24) is 20.1 Å². The van der Waals surface area contributed by atoms with Crippen LogP contribution in [0.5, 0.6) is 11.6 Å². The molecular weight excluding hydrogens is 452 g/mol. The van der Waals surface area contributed by atoms with E-state index in [1.54, 1.807) is 4.68 Å². The number of rotatable bonds is 7. The Morgan fingerprint density at radius 1 is 1.14 bits per heavy atom. The van der Waals surface area contributed by atoms with Gasteiger partial charge in [0.25, 0.3) is 0 Å². The van der Waals surface area contributed by atoms with Gasteiger partial charge in [-0.3, -0.25) is 0 Å². The fraction of sp³-hybridized carbons (Fsp3) is 0.241. The Hall–Kier alpha value is -4.10. The number of hydrogen-bond acceptors (Lipinski definition) is 6. The first kappa shape index (κ1) is 23.6. The summed E-state index contributed by atoms with van der Waals surface area (Å²) in [6.07, 6.45) is 2.55. The van der Waals surface area contributed by atoms with E-state index in [0.29, 0.717) is 23.9 Å². The molecule has 5 rings (SSSR count). The van der Waals surface area contributed by atoms with Crippen molar-refractivity contribution in [3.63, 3.8) is 0 Å². The molecule has 2 aromatic heterocycles. The van der Waals surface area contributed by atoms with Gasteiger partial charge in [0, 0.05) is 12.1 Å². The van der Waals surface area contributed by atoms with Crippen LogP contribution in [0.3, 0.4) is 0 Å². The number of aryl methyl sites for hydroxylation is 1. The van der Waals surface area contributed by atoms with Gasteiger partial charge in [-0.15, -0.1) is 0 Å². The number of nitrogens with zero attached hydrogens (tertiary/aromatic N) is 3. The van der Waals surface area contributed by atoms with Gasteiger partial charge < -0.3 is 19.9 Å². The standard InChI is InChI=1S/C29H30N4O3/c1-18-7-5-8-24(28(18)36-17-22-12-11-21-15-30-14-13-23(21)19(22)2)26-9-6-10-27(32-26)33-29(35-4)25(16-31-33)20(3)34/h5-12,16,30,34H,3,13-15,17H2,1-2,4H3. The summed E-state index contributed by atoms with van der Waals surface area (Å²) in [5.41, 5.74) is 8.43. The highest BCUT2D eigenvalue weighted by Gasteiger charge is 2.18. The molecule has 1 aliphatic heterocycles. The van der Waals surface area contributed by atoms with Gasteiger partial charge in [0.2, 0.25) is 5.88 Å². The molecule has 2 N–H and O–H groups in total. The van der Waals surface area contributed by atoms with E-state index in [1.165, 1.54) is 35.6 Å². The quantitative estimate of drug-likeness (QED) is 0.347. The first-order valence-electron chi connectivity index (χ1n) is 12.0. The van der Waals surface area contributed by atoms with Crippen LogP contribution in [0.25, 0.3) is 22.8 Å². The number of aliphatic hydroxyl groups excluding tert-OH is 1. The average molecular weight is 483 g/mol. The lowest BCUT2D eigenvalue weighted by Gasteiger charge is -2.22. The lowest BCUT2D eigenvalue weighted by molar-refractivity contribution is 0.304. The first-order valence-corrected chi connectivity index (χ1v) is 12.0. The first-order chi connectivity index (χ1) is 17.5. The van der Waals surface area contributed by atoms with Crippen LogP contribution in [0, 0.1) is 13.8 Å². The van der Waals surface area contributed by atoms with Gasteiger partial charge in [0.15, 0.2) is 5.82 Å². The van der Waals surface area contributed by atoms with Crippen LogP contribution in [0.2, 0.25) is 0 Å². The van der Waals surface area contributed by atoms with Gasteiger partial charge in [-0.1, -0.05) is 36.9 Å².